The number of nitrogens with zero attached hydrogens (tertiary/aromatic N) is 3. The van der Waals surface area contributed by atoms with Gasteiger partial charge in [0.1, 0.15) is 18.4 Å². The van der Waals surface area contributed by atoms with Crippen molar-refractivity contribution in [3.05, 3.63) is 44.0 Å². The number of amides is 1. The zero-order valence-corrected chi connectivity index (χ0v) is 17.0. The van der Waals surface area contributed by atoms with Crippen LogP contribution in [0.1, 0.15) is 11.3 Å². The van der Waals surface area contributed by atoms with Crippen LogP contribution in [-0.4, -0.2) is 29.7 Å². The lowest BCUT2D eigenvalue weighted by atomic mass is 10.1. The van der Waals surface area contributed by atoms with Crippen molar-refractivity contribution in [1.82, 2.24) is 9.47 Å². The predicted octanol–water partition coefficient (Wildman–Crippen LogP) is 5.77. The average Bonchev–Trinajstić information content (AvgIpc) is 2.87. The summed E-state index contributed by atoms with van der Waals surface area (Å²) in [6.07, 6.45) is -5.64. The Bertz CT molecular complexity index is 938. The zero-order valence-electron chi connectivity index (χ0n) is 13.9. The monoisotopic (exact) mass is 483 g/mol. The third-order valence-corrected chi connectivity index (χ3v) is 5.13. The van der Waals surface area contributed by atoms with Crippen LogP contribution in [0.15, 0.2) is 22.7 Å². The van der Waals surface area contributed by atoms with Crippen molar-refractivity contribution >= 4 is 45.2 Å². The van der Waals surface area contributed by atoms with E-state index < -0.39 is 29.1 Å². The van der Waals surface area contributed by atoms with Gasteiger partial charge in [0, 0.05) is 12.6 Å². The number of alkyl halides is 3. The Morgan fingerprint density at radius 3 is 2.48 bits per heavy atom. The highest BCUT2D eigenvalue weighted by Gasteiger charge is 2.41. The second-order valence-electron chi connectivity index (χ2n) is 5.36. The lowest BCUT2D eigenvalue weighted by molar-refractivity contribution is -0.144. The third kappa shape index (κ3) is 4.18. The van der Waals surface area contributed by atoms with E-state index in [-0.39, 0.29) is 26.9 Å². The Kier molecular flexibility index (Phi) is 6.35. The molecule has 2 rings (SSSR count). The van der Waals surface area contributed by atoms with Crippen molar-refractivity contribution in [3.8, 4) is 17.3 Å². The number of hydrogen-bond donors (Lipinski definition) is 0. The molecule has 1 aromatic carbocycles. The highest BCUT2D eigenvalue weighted by atomic mass is 79.9. The van der Waals surface area contributed by atoms with E-state index in [0.29, 0.717) is 0 Å². The molecule has 27 heavy (non-hydrogen) atoms. The highest BCUT2D eigenvalue weighted by molar-refractivity contribution is 9.10. The summed E-state index contributed by atoms with van der Waals surface area (Å²) in [5.41, 5.74) is -1.20. The van der Waals surface area contributed by atoms with Gasteiger partial charge in [0.05, 0.1) is 32.9 Å². The van der Waals surface area contributed by atoms with Gasteiger partial charge in [-0.2, -0.15) is 18.4 Å². The second-order valence-corrected chi connectivity index (χ2v) is 6.97. The number of methoxy groups -OCH3 is 1. The van der Waals surface area contributed by atoms with Gasteiger partial charge < -0.3 is 9.30 Å². The summed E-state index contributed by atoms with van der Waals surface area (Å²) in [5, 5.41) is 9.77. The zero-order chi connectivity index (χ0) is 20.5. The molecule has 0 N–H and O–H groups in total. The predicted molar refractivity (Wildman–Crippen MR) is 97.5 cm³/mol. The van der Waals surface area contributed by atoms with Crippen LogP contribution < -0.4 is 0 Å². The summed E-state index contributed by atoms with van der Waals surface area (Å²) >= 11 is 14.7. The van der Waals surface area contributed by atoms with E-state index >= 15 is 0 Å². The summed E-state index contributed by atoms with van der Waals surface area (Å²) in [5.74, 6) is 0. The molecule has 0 bridgehead atoms. The van der Waals surface area contributed by atoms with E-state index in [4.69, 9.17) is 23.2 Å². The number of hydrogen-bond acceptors (Lipinski definition) is 3. The number of aromatic nitrogens is 1. The molecule has 0 aliphatic rings. The molecule has 0 aliphatic heterocycles. The first-order valence-corrected chi connectivity index (χ1v) is 8.71. The molecule has 0 saturated heterocycles. The molecule has 2 aromatic rings. The van der Waals surface area contributed by atoms with Crippen LogP contribution in [-0.2, 0) is 17.6 Å². The largest absolute Gasteiger partial charge is 0.453 e. The van der Waals surface area contributed by atoms with Gasteiger partial charge in [0.25, 0.3) is 0 Å². The van der Waals surface area contributed by atoms with Crippen molar-refractivity contribution in [2.75, 3.05) is 14.2 Å². The van der Waals surface area contributed by atoms with Crippen LogP contribution in [0, 0.1) is 11.3 Å². The minimum atomic E-state index is -4.80. The molecule has 0 radical (unpaired) electrons. The van der Waals surface area contributed by atoms with Crippen molar-refractivity contribution in [2.45, 2.75) is 12.8 Å². The fourth-order valence-corrected chi connectivity index (χ4v) is 3.49. The number of ether oxygens (including phenoxy) is 1. The van der Waals surface area contributed by atoms with Crippen LogP contribution in [0.5, 0.6) is 0 Å². The van der Waals surface area contributed by atoms with Gasteiger partial charge in [-0.15, -0.1) is 0 Å². The summed E-state index contributed by atoms with van der Waals surface area (Å²) in [6, 6.07) is 5.96. The van der Waals surface area contributed by atoms with E-state index in [9.17, 15) is 23.2 Å². The number of benzene rings is 1. The maximum absolute atomic E-state index is 13.7. The van der Waals surface area contributed by atoms with Crippen LogP contribution >= 0.6 is 39.1 Å². The quantitative estimate of drug-likeness (QED) is 0.555. The SMILES string of the molecule is COC(=O)N(C)Cn1c(-c2ccc(Cl)c(Cl)c2)c(C#N)c(Br)c1C(F)(F)F. The normalized spacial score (nSPS) is 11.2. The molecule has 0 spiro atoms. The summed E-state index contributed by atoms with van der Waals surface area (Å²) < 4.78 is 46.0. The maximum atomic E-state index is 13.7. The smallest absolute Gasteiger partial charge is 0.432 e. The van der Waals surface area contributed by atoms with Crippen LogP contribution in [0.4, 0.5) is 18.0 Å². The van der Waals surface area contributed by atoms with Gasteiger partial charge in [-0.05, 0) is 28.1 Å². The molecule has 1 heterocycles. The molecule has 0 fully saturated rings. The molecule has 0 saturated carbocycles. The highest BCUT2D eigenvalue weighted by Crippen LogP contribution is 2.44. The lowest BCUT2D eigenvalue weighted by Gasteiger charge is -2.22. The van der Waals surface area contributed by atoms with E-state index in [1.54, 1.807) is 6.07 Å². The molecule has 0 aliphatic carbocycles. The molecule has 5 nitrogen and oxygen atoms in total. The van der Waals surface area contributed by atoms with E-state index in [1.165, 1.54) is 25.2 Å². The van der Waals surface area contributed by atoms with Crippen LogP contribution in [0.2, 0.25) is 10.0 Å². The van der Waals surface area contributed by atoms with Gasteiger partial charge in [-0.1, -0.05) is 29.3 Å². The van der Waals surface area contributed by atoms with Gasteiger partial charge in [-0.25, -0.2) is 4.79 Å². The van der Waals surface area contributed by atoms with Crippen molar-refractivity contribution in [3.63, 3.8) is 0 Å². The standard InChI is InChI=1S/C16H11BrCl2F3N3O2/c1-24(15(26)27-2)7-25-13(8-3-4-10(18)11(19)5-8)9(6-23)12(17)14(25)16(20,21)22/h3-5H,7H2,1-2H3. The fourth-order valence-electron chi connectivity index (χ4n) is 2.48. The van der Waals surface area contributed by atoms with E-state index in [0.717, 1.165) is 16.6 Å². The van der Waals surface area contributed by atoms with Gasteiger partial charge >= 0.3 is 12.3 Å². The van der Waals surface area contributed by atoms with E-state index in [2.05, 4.69) is 20.7 Å². The molecule has 1 amide bonds. The molecule has 0 atom stereocenters. The first-order chi connectivity index (χ1) is 12.5. The van der Waals surface area contributed by atoms with E-state index in [1.807, 2.05) is 0 Å². The average molecular weight is 485 g/mol. The molecular formula is C16H11BrCl2F3N3O2. The molecule has 144 valence electrons. The number of halogens is 6. The number of rotatable bonds is 3. The van der Waals surface area contributed by atoms with Crippen molar-refractivity contribution in [2.24, 2.45) is 0 Å². The Morgan fingerprint density at radius 1 is 1.37 bits per heavy atom. The maximum Gasteiger partial charge on any atom is 0.432 e. The summed E-state index contributed by atoms with van der Waals surface area (Å²) in [4.78, 5) is 12.6. The van der Waals surface area contributed by atoms with Gasteiger partial charge in [0.15, 0.2) is 0 Å². The number of nitriles is 1. The first-order valence-electron chi connectivity index (χ1n) is 7.16. The van der Waals surface area contributed by atoms with Crippen LogP contribution in [0.3, 0.4) is 0 Å². The summed E-state index contributed by atoms with van der Waals surface area (Å²) in [6.45, 7) is -0.516. The molecule has 11 heteroatoms. The van der Waals surface area contributed by atoms with Crippen molar-refractivity contribution in [1.29, 1.82) is 5.26 Å². The van der Waals surface area contributed by atoms with Crippen molar-refractivity contribution < 1.29 is 22.7 Å². The number of carbonyl (C=O) groups is 1. The summed E-state index contributed by atoms with van der Waals surface area (Å²) in [7, 11) is 2.38. The Morgan fingerprint density at radius 2 is 2.00 bits per heavy atom. The lowest BCUT2D eigenvalue weighted by Crippen LogP contribution is -2.31. The third-order valence-electron chi connectivity index (χ3n) is 3.62. The Labute approximate surface area is 170 Å². The Balaban J connectivity index is 2.82. The molecule has 1 aromatic heterocycles. The topological polar surface area (TPSA) is 58.3 Å². The number of carbonyl (C=O) groups excluding carboxylic acids is 1. The first kappa shape index (κ1) is 21.4. The minimum absolute atomic E-state index is 0.0639. The fraction of sp³-hybridized carbons (Fsp3) is 0.250. The second kappa shape index (κ2) is 8.00. The molecular weight excluding hydrogens is 474 g/mol. The van der Waals surface area contributed by atoms with Crippen LogP contribution in [0.25, 0.3) is 11.3 Å². The molecule has 0 unspecified atom stereocenters. The minimum Gasteiger partial charge on any atom is -0.453 e. The van der Waals surface area contributed by atoms with Gasteiger partial charge in [0.2, 0.25) is 0 Å². The van der Waals surface area contributed by atoms with Gasteiger partial charge in [-0.3, -0.25) is 4.90 Å². The Hall–Kier alpha value is -1.89.